The summed E-state index contributed by atoms with van der Waals surface area (Å²) in [7, 11) is 1.31. The molecule has 2 N–H and O–H groups in total. The molecule has 0 aliphatic carbocycles. The van der Waals surface area contributed by atoms with Gasteiger partial charge in [0.05, 0.1) is 18.8 Å². The largest absolute Gasteiger partial charge is 0.465 e. The molecule has 0 saturated carbocycles. The van der Waals surface area contributed by atoms with Gasteiger partial charge in [-0.1, -0.05) is 6.07 Å². The Hall–Kier alpha value is -2.18. The Balaban J connectivity index is 1.83. The molecule has 0 aliphatic heterocycles. The third-order valence-corrected chi connectivity index (χ3v) is 4.12. The molecule has 0 spiro atoms. The summed E-state index contributed by atoms with van der Waals surface area (Å²) in [5.74, 6) is -0.680. The van der Waals surface area contributed by atoms with Gasteiger partial charge in [-0.3, -0.25) is 4.79 Å². The molecule has 0 radical (unpaired) electrons. The zero-order valence-electron chi connectivity index (χ0n) is 12.1. The molecule has 0 fully saturated rings. The van der Waals surface area contributed by atoms with E-state index in [0.717, 1.165) is 4.88 Å². The molecule has 1 aromatic heterocycles. The van der Waals surface area contributed by atoms with E-state index in [4.69, 9.17) is 0 Å². The van der Waals surface area contributed by atoms with Crippen molar-refractivity contribution in [2.24, 2.45) is 0 Å². The average molecular weight is 319 g/mol. The Morgan fingerprint density at radius 1 is 1.23 bits per heavy atom. The van der Waals surface area contributed by atoms with Crippen LogP contribution < -0.4 is 5.32 Å². The van der Waals surface area contributed by atoms with E-state index in [-0.39, 0.29) is 5.91 Å². The average Bonchev–Trinajstić information content (AvgIpc) is 3.08. The maximum absolute atomic E-state index is 12.0. The maximum atomic E-state index is 12.0. The van der Waals surface area contributed by atoms with E-state index in [9.17, 15) is 14.7 Å². The number of methoxy groups -OCH3 is 1. The van der Waals surface area contributed by atoms with Crippen LogP contribution in [0.1, 0.15) is 38.1 Å². The van der Waals surface area contributed by atoms with Crippen molar-refractivity contribution in [3.63, 3.8) is 0 Å². The lowest BCUT2D eigenvalue weighted by Gasteiger charge is -2.10. The number of ether oxygens (including phenoxy) is 1. The molecule has 2 rings (SSSR count). The number of aliphatic hydroxyl groups excluding tert-OH is 1. The fourth-order valence-electron chi connectivity index (χ4n) is 1.92. The monoisotopic (exact) mass is 319 g/mol. The van der Waals surface area contributed by atoms with Gasteiger partial charge in [0.25, 0.3) is 5.91 Å². The molecule has 6 heteroatoms. The van der Waals surface area contributed by atoms with Gasteiger partial charge in [0.1, 0.15) is 0 Å². The molecule has 116 valence electrons. The van der Waals surface area contributed by atoms with Gasteiger partial charge >= 0.3 is 5.97 Å². The number of esters is 1. The van der Waals surface area contributed by atoms with Crippen LogP contribution >= 0.6 is 11.3 Å². The smallest absolute Gasteiger partial charge is 0.337 e. The van der Waals surface area contributed by atoms with Gasteiger partial charge in [0, 0.05) is 17.0 Å². The van der Waals surface area contributed by atoms with Gasteiger partial charge in [0.15, 0.2) is 0 Å². The first-order valence-corrected chi connectivity index (χ1v) is 7.68. The first-order valence-electron chi connectivity index (χ1n) is 6.80. The second kappa shape index (κ2) is 7.72. The molecule has 0 bridgehead atoms. The molecule has 0 saturated heterocycles. The lowest BCUT2D eigenvalue weighted by molar-refractivity contribution is 0.0600. The van der Waals surface area contributed by atoms with Crippen molar-refractivity contribution in [1.82, 2.24) is 5.32 Å². The number of nitrogens with one attached hydrogen (secondary N) is 1. The lowest BCUT2D eigenvalue weighted by Crippen LogP contribution is -2.25. The van der Waals surface area contributed by atoms with E-state index < -0.39 is 12.1 Å². The molecule has 2 aromatic rings. The van der Waals surface area contributed by atoms with Gasteiger partial charge in [-0.2, -0.15) is 0 Å². The fourth-order valence-corrected chi connectivity index (χ4v) is 2.67. The lowest BCUT2D eigenvalue weighted by atomic mass is 10.1. The minimum absolute atomic E-state index is 0.241. The number of aliphatic hydroxyl groups is 1. The summed E-state index contributed by atoms with van der Waals surface area (Å²) in [6.07, 6.45) is -0.117. The molecule has 1 amide bonds. The normalized spacial score (nSPS) is 11.7. The van der Waals surface area contributed by atoms with Crippen LogP contribution in [0.15, 0.2) is 41.8 Å². The molecular formula is C16H17NO4S. The number of rotatable bonds is 6. The van der Waals surface area contributed by atoms with Crippen LogP contribution in [0.4, 0.5) is 0 Å². The van der Waals surface area contributed by atoms with Crippen LogP contribution in [0.3, 0.4) is 0 Å². The van der Waals surface area contributed by atoms with Gasteiger partial charge in [-0.15, -0.1) is 11.3 Å². The van der Waals surface area contributed by atoms with E-state index in [1.807, 2.05) is 17.5 Å². The quantitative estimate of drug-likeness (QED) is 0.802. The topological polar surface area (TPSA) is 75.6 Å². The molecule has 5 nitrogen and oxygen atoms in total. The van der Waals surface area contributed by atoms with E-state index in [2.05, 4.69) is 10.1 Å². The highest BCUT2D eigenvalue weighted by Gasteiger charge is 2.11. The molecule has 1 aromatic carbocycles. The van der Waals surface area contributed by atoms with Crippen molar-refractivity contribution in [2.75, 3.05) is 13.7 Å². The minimum Gasteiger partial charge on any atom is -0.465 e. The Kier molecular flexibility index (Phi) is 5.68. The number of thiophene rings is 1. The summed E-state index contributed by atoms with van der Waals surface area (Å²) in [6.45, 7) is 0.372. The van der Waals surface area contributed by atoms with Crippen molar-refractivity contribution in [2.45, 2.75) is 12.5 Å². The second-order valence-electron chi connectivity index (χ2n) is 4.64. The third-order valence-electron chi connectivity index (χ3n) is 3.14. The van der Waals surface area contributed by atoms with E-state index >= 15 is 0 Å². The van der Waals surface area contributed by atoms with Crippen molar-refractivity contribution in [3.8, 4) is 0 Å². The minimum atomic E-state index is -0.568. The SMILES string of the molecule is COC(=O)c1ccc(C(=O)NCCC(O)c2cccs2)cc1. The zero-order valence-corrected chi connectivity index (χ0v) is 12.9. The third kappa shape index (κ3) is 4.16. The van der Waals surface area contributed by atoms with Crippen LogP contribution in [-0.4, -0.2) is 30.6 Å². The summed E-state index contributed by atoms with van der Waals surface area (Å²) in [4.78, 5) is 24.1. The number of hydrogen-bond donors (Lipinski definition) is 2. The summed E-state index contributed by atoms with van der Waals surface area (Å²) < 4.78 is 4.60. The predicted molar refractivity (Wildman–Crippen MR) is 84.0 cm³/mol. The number of carbonyl (C=O) groups excluding carboxylic acids is 2. The first-order chi connectivity index (χ1) is 10.6. The van der Waals surface area contributed by atoms with Crippen LogP contribution in [0.5, 0.6) is 0 Å². The Labute approximate surface area is 132 Å². The second-order valence-corrected chi connectivity index (χ2v) is 5.62. The summed E-state index contributed by atoms with van der Waals surface area (Å²) >= 11 is 1.49. The highest BCUT2D eigenvalue weighted by Crippen LogP contribution is 2.20. The first kappa shape index (κ1) is 16.2. The van der Waals surface area contributed by atoms with E-state index in [0.29, 0.717) is 24.1 Å². The van der Waals surface area contributed by atoms with Crippen molar-refractivity contribution in [3.05, 3.63) is 57.8 Å². The van der Waals surface area contributed by atoms with Crippen LogP contribution in [0, 0.1) is 0 Å². The van der Waals surface area contributed by atoms with E-state index in [1.54, 1.807) is 24.3 Å². The fraction of sp³-hybridized carbons (Fsp3) is 0.250. The highest BCUT2D eigenvalue weighted by molar-refractivity contribution is 7.10. The Morgan fingerprint density at radius 3 is 2.50 bits per heavy atom. The van der Waals surface area contributed by atoms with Gasteiger partial charge in [-0.05, 0) is 42.1 Å². The summed E-state index contributed by atoms with van der Waals surface area (Å²) in [6, 6.07) is 9.96. The Bertz CT molecular complexity index is 622. The standard InChI is InChI=1S/C16H17NO4S/c1-21-16(20)12-6-4-11(5-7-12)15(19)17-9-8-13(18)14-3-2-10-22-14/h2-7,10,13,18H,8-9H2,1H3,(H,17,19). The van der Waals surface area contributed by atoms with E-state index in [1.165, 1.54) is 18.4 Å². The van der Waals surface area contributed by atoms with Gasteiger partial charge in [0.2, 0.25) is 0 Å². The van der Waals surface area contributed by atoms with Gasteiger partial charge < -0.3 is 15.2 Å². The van der Waals surface area contributed by atoms with Gasteiger partial charge in [-0.25, -0.2) is 4.79 Å². The number of hydrogen-bond acceptors (Lipinski definition) is 5. The molecule has 1 unspecified atom stereocenters. The van der Waals surface area contributed by atoms with Crippen molar-refractivity contribution >= 4 is 23.2 Å². The number of amides is 1. The van der Waals surface area contributed by atoms with Crippen LogP contribution in [0.25, 0.3) is 0 Å². The van der Waals surface area contributed by atoms with Crippen molar-refractivity contribution < 1.29 is 19.4 Å². The summed E-state index contributed by atoms with van der Waals surface area (Å²) in [5.41, 5.74) is 0.852. The van der Waals surface area contributed by atoms with Crippen molar-refractivity contribution in [1.29, 1.82) is 0 Å². The zero-order chi connectivity index (χ0) is 15.9. The molecule has 1 atom stereocenters. The maximum Gasteiger partial charge on any atom is 0.337 e. The molecular weight excluding hydrogens is 302 g/mol. The number of benzene rings is 1. The molecule has 1 heterocycles. The van der Waals surface area contributed by atoms with Crippen LogP contribution in [0.2, 0.25) is 0 Å². The molecule has 22 heavy (non-hydrogen) atoms. The molecule has 0 aliphatic rings. The highest BCUT2D eigenvalue weighted by atomic mass is 32.1. The Morgan fingerprint density at radius 2 is 1.91 bits per heavy atom. The van der Waals surface area contributed by atoms with Crippen LogP contribution in [-0.2, 0) is 4.74 Å². The predicted octanol–water partition coefficient (Wildman–Crippen LogP) is 2.39. The number of carbonyl (C=O) groups is 2. The summed E-state index contributed by atoms with van der Waals surface area (Å²) in [5, 5.41) is 14.6.